The number of amides is 1. The summed E-state index contributed by atoms with van der Waals surface area (Å²) >= 11 is 13.8. The van der Waals surface area contributed by atoms with Gasteiger partial charge in [-0.25, -0.2) is 0 Å². The van der Waals surface area contributed by atoms with Crippen molar-refractivity contribution < 1.29 is 4.79 Å². The van der Waals surface area contributed by atoms with Crippen LogP contribution in [0.2, 0.25) is 10.0 Å². The van der Waals surface area contributed by atoms with E-state index in [1.54, 1.807) is 17.8 Å². The summed E-state index contributed by atoms with van der Waals surface area (Å²) in [4.78, 5) is 12.0. The molecular formula is C21H25Cl2NOS. The highest BCUT2D eigenvalue weighted by Crippen LogP contribution is 2.24. The molecule has 0 aliphatic rings. The van der Waals surface area contributed by atoms with Crippen LogP contribution in [0.3, 0.4) is 0 Å². The second-order valence-electron chi connectivity index (χ2n) is 6.53. The molecule has 0 radical (unpaired) electrons. The number of carbonyl (C=O) groups is 1. The lowest BCUT2D eigenvalue weighted by molar-refractivity contribution is -0.120. The molecule has 0 aliphatic heterocycles. The van der Waals surface area contributed by atoms with Gasteiger partial charge in [0.25, 0.3) is 0 Å². The number of carbonyl (C=O) groups excluding carboxylic acids is 1. The lowest BCUT2D eigenvalue weighted by atomic mass is 10.0. The Morgan fingerprint density at radius 1 is 1.12 bits per heavy atom. The first kappa shape index (κ1) is 21.1. The van der Waals surface area contributed by atoms with Gasteiger partial charge in [0.05, 0.1) is 0 Å². The second kappa shape index (κ2) is 10.9. The number of halogens is 2. The molecule has 0 saturated carbocycles. The SMILES string of the molecule is CC(C)c1ccc(CCC(=O)NCCSCc2ccc(Cl)cc2Cl)cc1. The van der Waals surface area contributed by atoms with Gasteiger partial charge >= 0.3 is 0 Å². The van der Waals surface area contributed by atoms with Gasteiger partial charge in [0, 0.05) is 34.5 Å². The summed E-state index contributed by atoms with van der Waals surface area (Å²) in [6.45, 7) is 5.03. The number of benzene rings is 2. The molecule has 0 aromatic heterocycles. The monoisotopic (exact) mass is 409 g/mol. The van der Waals surface area contributed by atoms with Crippen molar-refractivity contribution in [3.63, 3.8) is 0 Å². The van der Waals surface area contributed by atoms with Crippen molar-refractivity contribution in [2.24, 2.45) is 0 Å². The van der Waals surface area contributed by atoms with E-state index in [1.807, 2.05) is 12.1 Å². The molecule has 0 fully saturated rings. The Morgan fingerprint density at radius 3 is 2.50 bits per heavy atom. The minimum absolute atomic E-state index is 0.100. The predicted octanol–water partition coefficient (Wildman–Crippen LogP) is 6.10. The first-order valence-corrected chi connectivity index (χ1v) is 10.7. The maximum Gasteiger partial charge on any atom is 0.220 e. The molecular weight excluding hydrogens is 385 g/mol. The van der Waals surface area contributed by atoms with Crippen molar-refractivity contribution >= 4 is 40.9 Å². The largest absolute Gasteiger partial charge is 0.355 e. The molecule has 2 aromatic rings. The number of rotatable bonds is 9. The van der Waals surface area contributed by atoms with Crippen LogP contribution in [-0.4, -0.2) is 18.2 Å². The van der Waals surface area contributed by atoms with Crippen LogP contribution in [-0.2, 0) is 17.0 Å². The van der Waals surface area contributed by atoms with Crippen molar-refractivity contribution in [2.75, 3.05) is 12.3 Å². The van der Waals surface area contributed by atoms with Gasteiger partial charge in [-0.05, 0) is 41.2 Å². The molecule has 2 nitrogen and oxygen atoms in total. The minimum Gasteiger partial charge on any atom is -0.355 e. The number of hydrogen-bond donors (Lipinski definition) is 1. The van der Waals surface area contributed by atoms with Gasteiger partial charge in [0.15, 0.2) is 0 Å². The molecule has 0 bridgehead atoms. The van der Waals surface area contributed by atoms with Crippen LogP contribution in [0.4, 0.5) is 0 Å². The Morgan fingerprint density at radius 2 is 1.85 bits per heavy atom. The first-order chi connectivity index (χ1) is 12.5. The fourth-order valence-corrected chi connectivity index (χ4v) is 3.92. The van der Waals surface area contributed by atoms with Crippen molar-refractivity contribution in [3.8, 4) is 0 Å². The van der Waals surface area contributed by atoms with Crippen molar-refractivity contribution in [3.05, 3.63) is 69.2 Å². The fraction of sp³-hybridized carbons (Fsp3) is 0.381. The summed E-state index contributed by atoms with van der Waals surface area (Å²) in [7, 11) is 0. The number of hydrogen-bond acceptors (Lipinski definition) is 2. The van der Waals surface area contributed by atoms with E-state index < -0.39 is 0 Å². The van der Waals surface area contributed by atoms with E-state index in [-0.39, 0.29) is 5.91 Å². The summed E-state index contributed by atoms with van der Waals surface area (Å²) in [6.07, 6.45) is 1.30. The van der Waals surface area contributed by atoms with E-state index in [4.69, 9.17) is 23.2 Å². The quantitative estimate of drug-likeness (QED) is 0.506. The lowest BCUT2D eigenvalue weighted by Gasteiger charge is -2.08. The Balaban J connectivity index is 1.61. The standard InChI is InChI=1S/C21H25Cl2NOS/c1-15(2)17-6-3-16(4-7-17)5-10-21(25)24-11-12-26-14-18-8-9-19(22)13-20(18)23/h3-4,6-9,13,15H,5,10-12,14H2,1-2H3,(H,24,25). The minimum atomic E-state index is 0.100. The number of nitrogens with one attached hydrogen (secondary N) is 1. The van der Waals surface area contributed by atoms with Gasteiger partial charge in [-0.15, -0.1) is 0 Å². The van der Waals surface area contributed by atoms with Crippen LogP contribution < -0.4 is 5.32 Å². The molecule has 0 unspecified atom stereocenters. The average molecular weight is 410 g/mol. The molecule has 2 rings (SSSR count). The molecule has 140 valence electrons. The third-order valence-electron chi connectivity index (χ3n) is 4.13. The maximum atomic E-state index is 12.0. The Bertz CT molecular complexity index is 716. The van der Waals surface area contributed by atoms with Crippen LogP contribution in [0.1, 0.15) is 42.9 Å². The second-order valence-corrected chi connectivity index (χ2v) is 8.48. The van der Waals surface area contributed by atoms with Crippen molar-refractivity contribution in [1.29, 1.82) is 0 Å². The predicted molar refractivity (Wildman–Crippen MR) is 114 cm³/mol. The summed E-state index contributed by atoms with van der Waals surface area (Å²) in [6, 6.07) is 14.1. The smallest absolute Gasteiger partial charge is 0.220 e. The summed E-state index contributed by atoms with van der Waals surface area (Å²) < 4.78 is 0. The molecule has 1 amide bonds. The molecule has 0 heterocycles. The van der Waals surface area contributed by atoms with E-state index in [2.05, 4.69) is 43.4 Å². The summed E-state index contributed by atoms with van der Waals surface area (Å²) in [5.74, 6) is 2.30. The third kappa shape index (κ3) is 7.22. The zero-order chi connectivity index (χ0) is 18.9. The van der Waals surface area contributed by atoms with Crippen LogP contribution in [0.5, 0.6) is 0 Å². The van der Waals surface area contributed by atoms with E-state index in [0.29, 0.717) is 28.9 Å². The summed E-state index contributed by atoms with van der Waals surface area (Å²) in [5, 5.41) is 4.32. The van der Waals surface area contributed by atoms with Crippen molar-refractivity contribution in [1.82, 2.24) is 5.32 Å². The fourth-order valence-electron chi connectivity index (χ4n) is 2.50. The topological polar surface area (TPSA) is 29.1 Å². The highest BCUT2D eigenvalue weighted by Gasteiger charge is 2.05. The van der Waals surface area contributed by atoms with Gasteiger partial charge in [0.1, 0.15) is 0 Å². The Labute approximate surface area is 170 Å². The average Bonchev–Trinajstić information content (AvgIpc) is 2.61. The number of thioether (sulfide) groups is 1. The zero-order valence-corrected chi connectivity index (χ0v) is 17.6. The van der Waals surface area contributed by atoms with Crippen molar-refractivity contribution in [2.45, 2.75) is 38.4 Å². The van der Waals surface area contributed by atoms with Gasteiger partial charge in [0.2, 0.25) is 5.91 Å². The van der Waals surface area contributed by atoms with Crippen LogP contribution >= 0.6 is 35.0 Å². The molecule has 0 aliphatic carbocycles. The first-order valence-electron chi connectivity index (χ1n) is 8.83. The van der Waals surface area contributed by atoms with E-state index >= 15 is 0 Å². The molecule has 2 aromatic carbocycles. The van der Waals surface area contributed by atoms with E-state index in [0.717, 1.165) is 23.5 Å². The molecule has 0 spiro atoms. The van der Waals surface area contributed by atoms with E-state index in [9.17, 15) is 4.79 Å². The molecule has 26 heavy (non-hydrogen) atoms. The van der Waals surface area contributed by atoms with Crippen LogP contribution in [0.15, 0.2) is 42.5 Å². The maximum absolute atomic E-state index is 12.0. The van der Waals surface area contributed by atoms with Crippen LogP contribution in [0.25, 0.3) is 0 Å². The highest BCUT2D eigenvalue weighted by atomic mass is 35.5. The molecule has 0 saturated heterocycles. The van der Waals surface area contributed by atoms with Gasteiger partial charge < -0.3 is 5.32 Å². The normalized spacial score (nSPS) is 11.0. The summed E-state index contributed by atoms with van der Waals surface area (Å²) in [5.41, 5.74) is 3.60. The van der Waals surface area contributed by atoms with Gasteiger partial charge in [-0.1, -0.05) is 67.4 Å². The molecule has 5 heteroatoms. The molecule has 1 N–H and O–H groups in total. The number of aryl methyl sites for hydroxylation is 1. The van der Waals surface area contributed by atoms with Gasteiger partial charge in [-0.2, -0.15) is 11.8 Å². The van der Waals surface area contributed by atoms with Crippen LogP contribution in [0, 0.1) is 0 Å². The molecule has 0 atom stereocenters. The lowest BCUT2D eigenvalue weighted by Crippen LogP contribution is -2.25. The third-order valence-corrected chi connectivity index (χ3v) is 5.72. The Kier molecular flexibility index (Phi) is 8.83. The Hall–Kier alpha value is -1.16. The van der Waals surface area contributed by atoms with E-state index in [1.165, 1.54) is 11.1 Å². The van der Waals surface area contributed by atoms with Gasteiger partial charge in [-0.3, -0.25) is 4.79 Å². The highest BCUT2D eigenvalue weighted by molar-refractivity contribution is 7.98. The zero-order valence-electron chi connectivity index (χ0n) is 15.2.